The minimum absolute atomic E-state index is 0.0503. The van der Waals surface area contributed by atoms with E-state index in [-0.39, 0.29) is 12.5 Å². The van der Waals surface area contributed by atoms with E-state index < -0.39 is 12.1 Å². The number of nitrogens with one attached hydrogen (secondary N) is 2. The lowest BCUT2D eigenvalue weighted by Gasteiger charge is -2.11. The average molecular weight is 416 g/mol. The van der Waals surface area contributed by atoms with Crippen LogP contribution in [0.1, 0.15) is 11.3 Å². The van der Waals surface area contributed by atoms with E-state index >= 15 is 0 Å². The number of oxazole rings is 1. The van der Waals surface area contributed by atoms with Gasteiger partial charge in [-0.15, -0.1) is 0 Å². The topological polar surface area (TPSA) is 100 Å². The molecular formula is C23H20N4O4. The summed E-state index contributed by atoms with van der Waals surface area (Å²) < 4.78 is 10.7. The Hall–Kier alpha value is -4.07. The number of para-hydroxylation sites is 1. The van der Waals surface area contributed by atoms with Crippen molar-refractivity contribution in [3.63, 3.8) is 0 Å². The number of aromatic amines is 1. The maximum Gasteiger partial charge on any atom is 0.325 e. The van der Waals surface area contributed by atoms with Crippen LogP contribution in [0, 0.1) is 0 Å². The first-order chi connectivity index (χ1) is 15.1. The smallest absolute Gasteiger partial charge is 0.325 e. The molecule has 0 saturated carbocycles. The van der Waals surface area contributed by atoms with Crippen molar-refractivity contribution in [1.29, 1.82) is 0 Å². The van der Waals surface area contributed by atoms with Gasteiger partial charge in [0.2, 0.25) is 5.89 Å². The summed E-state index contributed by atoms with van der Waals surface area (Å²) in [6, 6.07) is 14.1. The van der Waals surface area contributed by atoms with Crippen molar-refractivity contribution in [2.75, 3.05) is 7.11 Å². The van der Waals surface area contributed by atoms with Crippen LogP contribution < -0.4 is 10.1 Å². The lowest BCUT2D eigenvalue weighted by Crippen LogP contribution is -2.32. The highest BCUT2D eigenvalue weighted by atomic mass is 16.5. The molecule has 3 heterocycles. The standard InChI is InChI=1S/C23H20N4O4/c1-30-17-8-6-14(7-9-17)21-25-16(13-31-21)12-27-22(28)20(26-23(27)29)10-15-11-24-19-5-3-2-4-18(15)19/h2-9,11,13,20,24H,10,12H2,1H3,(H,26,29)/t20-/m0/s1. The summed E-state index contributed by atoms with van der Waals surface area (Å²) in [5, 5.41) is 3.82. The molecular weight excluding hydrogens is 396 g/mol. The van der Waals surface area contributed by atoms with Crippen LogP contribution in [0.15, 0.2) is 65.4 Å². The molecule has 1 saturated heterocycles. The van der Waals surface area contributed by atoms with Gasteiger partial charge in [0, 0.05) is 29.1 Å². The molecule has 2 aromatic carbocycles. The highest BCUT2D eigenvalue weighted by Gasteiger charge is 2.38. The van der Waals surface area contributed by atoms with Crippen LogP contribution in [0.25, 0.3) is 22.4 Å². The average Bonchev–Trinajstić information content (AvgIpc) is 3.50. The van der Waals surface area contributed by atoms with Crippen LogP contribution in [0.3, 0.4) is 0 Å². The predicted molar refractivity (Wildman–Crippen MR) is 113 cm³/mol. The molecule has 1 aliphatic heterocycles. The number of fused-ring (bicyclic) bond motifs is 1. The normalized spacial score (nSPS) is 16.2. The van der Waals surface area contributed by atoms with E-state index in [0.717, 1.165) is 27.8 Å². The number of urea groups is 1. The number of aromatic nitrogens is 2. The number of benzene rings is 2. The van der Waals surface area contributed by atoms with Gasteiger partial charge in [0.15, 0.2) is 0 Å². The molecule has 1 aliphatic rings. The summed E-state index contributed by atoms with van der Waals surface area (Å²) in [6.07, 6.45) is 3.76. The Balaban J connectivity index is 1.29. The molecule has 0 aliphatic carbocycles. The number of hydrogen-bond acceptors (Lipinski definition) is 5. The number of rotatable bonds is 6. The Morgan fingerprint density at radius 1 is 1.13 bits per heavy atom. The molecule has 8 heteroatoms. The number of nitrogens with zero attached hydrogens (tertiary/aromatic N) is 2. The second-order valence-corrected chi connectivity index (χ2v) is 7.36. The Bertz CT molecular complexity index is 1260. The molecule has 5 rings (SSSR count). The van der Waals surface area contributed by atoms with Gasteiger partial charge in [-0.25, -0.2) is 9.78 Å². The van der Waals surface area contributed by atoms with Gasteiger partial charge in [0.25, 0.3) is 5.91 Å². The monoisotopic (exact) mass is 416 g/mol. The third-order valence-corrected chi connectivity index (χ3v) is 5.41. The van der Waals surface area contributed by atoms with Crippen molar-refractivity contribution < 1.29 is 18.7 Å². The van der Waals surface area contributed by atoms with Crippen LogP contribution >= 0.6 is 0 Å². The number of amides is 3. The van der Waals surface area contributed by atoms with E-state index in [0.29, 0.717) is 18.0 Å². The number of methoxy groups -OCH3 is 1. The van der Waals surface area contributed by atoms with Gasteiger partial charge in [-0.2, -0.15) is 0 Å². The summed E-state index contributed by atoms with van der Waals surface area (Å²) in [4.78, 5) is 34.1. The largest absolute Gasteiger partial charge is 0.497 e. The zero-order valence-electron chi connectivity index (χ0n) is 16.8. The Morgan fingerprint density at radius 2 is 1.94 bits per heavy atom. The van der Waals surface area contributed by atoms with Crippen LogP contribution in [-0.4, -0.2) is 40.0 Å². The van der Waals surface area contributed by atoms with Crippen LogP contribution in [-0.2, 0) is 17.8 Å². The molecule has 3 amide bonds. The van der Waals surface area contributed by atoms with Gasteiger partial charge in [-0.3, -0.25) is 9.69 Å². The zero-order chi connectivity index (χ0) is 21.4. The maximum atomic E-state index is 12.9. The summed E-state index contributed by atoms with van der Waals surface area (Å²) in [5.74, 6) is 0.875. The molecule has 2 N–H and O–H groups in total. The highest BCUT2D eigenvalue weighted by Crippen LogP contribution is 2.24. The summed E-state index contributed by atoms with van der Waals surface area (Å²) in [5.41, 5.74) is 3.27. The number of H-pyrrole nitrogens is 1. The molecule has 1 atom stereocenters. The predicted octanol–water partition coefficient (Wildman–Crippen LogP) is 3.49. The van der Waals surface area contributed by atoms with Gasteiger partial charge in [0.05, 0.1) is 19.3 Å². The minimum Gasteiger partial charge on any atom is -0.497 e. The van der Waals surface area contributed by atoms with E-state index in [2.05, 4.69) is 15.3 Å². The zero-order valence-corrected chi connectivity index (χ0v) is 16.8. The van der Waals surface area contributed by atoms with E-state index in [1.165, 1.54) is 11.2 Å². The fourth-order valence-corrected chi connectivity index (χ4v) is 3.79. The van der Waals surface area contributed by atoms with Crippen LogP contribution in [0.4, 0.5) is 4.79 Å². The van der Waals surface area contributed by atoms with Crippen molar-refractivity contribution in [3.8, 4) is 17.2 Å². The molecule has 0 bridgehead atoms. The van der Waals surface area contributed by atoms with Crippen LogP contribution in [0.5, 0.6) is 5.75 Å². The van der Waals surface area contributed by atoms with Crippen molar-refractivity contribution in [3.05, 3.63) is 72.2 Å². The molecule has 1 fully saturated rings. The summed E-state index contributed by atoms with van der Waals surface area (Å²) in [7, 11) is 1.60. The molecule has 0 radical (unpaired) electrons. The number of carbonyl (C=O) groups excluding carboxylic acids is 2. The van der Waals surface area contributed by atoms with E-state index in [9.17, 15) is 9.59 Å². The second kappa shape index (κ2) is 7.64. The quantitative estimate of drug-likeness (QED) is 0.469. The number of imide groups is 1. The van der Waals surface area contributed by atoms with Gasteiger partial charge in [0.1, 0.15) is 18.1 Å². The van der Waals surface area contributed by atoms with E-state index in [1.807, 2.05) is 54.7 Å². The number of ether oxygens (including phenoxy) is 1. The Kier molecular flexibility index (Phi) is 4.66. The van der Waals surface area contributed by atoms with Gasteiger partial charge >= 0.3 is 6.03 Å². The first-order valence-corrected chi connectivity index (χ1v) is 9.88. The first-order valence-electron chi connectivity index (χ1n) is 9.88. The lowest BCUT2D eigenvalue weighted by atomic mass is 10.1. The highest BCUT2D eigenvalue weighted by molar-refractivity contribution is 6.04. The molecule has 8 nitrogen and oxygen atoms in total. The minimum atomic E-state index is -0.611. The molecule has 31 heavy (non-hydrogen) atoms. The number of carbonyl (C=O) groups is 2. The summed E-state index contributed by atoms with van der Waals surface area (Å²) in [6.45, 7) is 0.0503. The van der Waals surface area contributed by atoms with Gasteiger partial charge < -0.3 is 19.5 Å². The van der Waals surface area contributed by atoms with E-state index in [4.69, 9.17) is 9.15 Å². The summed E-state index contributed by atoms with van der Waals surface area (Å²) >= 11 is 0. The SMILES string of the molecule is COc1ccc(-c2nc(CN3C(=O)N[C@@H](Cc4c[nH]c5ccccc45)C3=O)co2)cc1. The van der Waals surface area contributed by atoms with Gasteiger partial charge in [-0.1, -0.05) is 18.2 Å². The first kappa shape index (κ1) is 18.9. The second-order valence-electron chi connectivity index (χ2n) is 7.36. The molecule has 2 aromatic heterocycles. The van der Waals surface area contributed by atoms with E-state index in [1.54, 1.807) is 7.11 Å². The lowest BCUT2D eigenvalue weighted by molar-refractivity contribution is -0.127. The van der Waals surface area contributed by atoms with Gasteiger partial charge in [-0.05, 0) is 35.9 Å². The van der Waals surface area contributed by atoms with Crippen molar-refractivity contribution in [2.24, 2.45) is 0 Å². The molecule has 0 unspecified atom stereocenters. The third kappa shape index (κ3) is 3.52. The van der Waals surface area contributed by atoms with Crippen molar-refractivity contribution in [2.45, 2.75) is 19.0 Å². The fraction of sp³-hybridized carbons (Fsp3) is 0.174. The maximum absolute atomic E-state index is 12.9. The Labute approximate surface area is 177 Å². The van der Waals surface area contributed by atoms with Crippen LogP contribution in [0.2, 0.25) is 0 Å². The molecule has 4 aromatic rings. The number of hydrogen-bond donors (Lipinski definition) is 2. The van der Waals surface area contributed by atoms with Crippen molar-refractivity contribution in [1.82, 2.24) is 20.2 Å². The third-order valence-electron chi connectivity index (χ3n) is 5.41. The Morgan fingerprint density at radius 3 is 2.74 bits per heavy atom. The van der Waals surface area contributed by atoms with Crippen molar-refractivity contribution >= 4 is 22.8 Å². The molecule has 156 valence electrons. The fourth-order valence-electron chi connectivity index (χ4n) is 3.79. The molecule has 0 spiro atoms.